The number of nitrogens with zero attached hydrogens (tertiary/aromatic N) is 4. The Morgan fingerprint density at radius 3 is 2.54 bits per heavy atom. The van der Waals surface area contributed by atoms with E-state index in [1.54, 1.807) is 26.8 Å². The highest BCUT2D eigenvalue weighted by Crippen LogP contribution is 2.13. The molecule has 2 rings (SSSR count). The number of aryl methyl sites for hydroxylation is 1. The maximum atomic E-state index is 12.4. The molecule has 0 N–H and O–H groups in total. The maximum Gasteiger partial charge on any atom is 0.357 e. The highest BCUT2D eigenvalue weighted by molar-refractivity contribution is 6.15. The second-order valence-corrected chi connectivity index (χ2v) is 5.19. The van der Waals surface area contributed by atoms with Crippen molar-refractivity contribution in [2.24, 2.45) is 0 Å². The van der Waals surface area contributed by atoms with Crippen LogP contribution in [0.4, 0.5) is 0 Å². The van der Waals surface area contributed by atoms with Gasteiger partial charge in [0.05, 0.1) is 6.10 Å². The predicted molar refractivity (Wildman–Crippen MR) is 85.4 cm³/mol. The van der Waals surface area contributed by atoms with Gasteiger partial charge < -0.3 is 9.47 Å². The van der Waals surface area contributed by atoms with Crippen LogP contribution in [-0.2, 0) is 19.1 Å². The summed E-state index contributed by atoms with van der Waals surface area (Å²) in [5.74, 6) is -0.931. The number of benzene rings is 1. The number of esters is 2. The van der Waals surface area contributed by atoms with Gasteiger partial charge in [0.15, 0.2) is 18.1 Å². The minimum atomic E-state index is -0.727. The van der Waals surface area contributed by atoms with Crippen LogP contribution in [0.2, 0.25) is 0 Å². The van der Waals surface area contributed by atoms with Gasteiger partial charge in [-0.3, -0.25) is 0 Å². The molecule has 0 radical (unpaired) electrons. The van der Waals surface area contributed by atoms with Gasteiger partial charge >= 0.3 is 11.9 Å². The lowest BCUT2D eigenvalue weighted by Crippen LogP contribution is -2.22. The summed E-state index contributed by atoms with van der Waals surface area (Å²) in [6.07, 6.45) is 1.30. The molecule has 0 unspecified atom stereocenters. The molecule has 8 heteroatoms. The average Bonchev–Trinajstić information content (AvgIpc) is 2.96. The standard InChI is InChI=1S/C16H18N4O4/c1-11(2)24-15(21)10-23-16(22)14(20-12(3)17-18-19-20)9-13-7-5-4-6-8-13/h4-9,11H,10H2,1-3H3/b14-9-. The van der Waals surface area contributed by atoms with Gasteiger partial charge in [-0.25, -0.2) is 9.59 Å². The van der Waals surface area contributed by atoms with Crippen molar-refractivity contribution in [1.82, 2.24) is 20.2 Å². The molecule has 0 spiro atoms. The molecule has 1 aromatic carbocycles. The Bertz CT molecular complexity index is 738. The highest BCUT2D eigenvalue weighted by Gasteiger charge is 2.19. The largest absolute Gasteiger partial charge is 0.460 e. The van der Waals surface area contributed by atoms with Gasteiger partial charge in [-0.2, -0.15) is 4.68 Å². The molecule has 2 aromatic rings. The minimum absolute atomic E-state index is 0.0982. The zero-order valence-corrected chi connectivity index (χ0v) is 13.7. The summed E-state index contributed by atoms with van der Waals surface area (Å²) >= 11 is 0. The Hall–Kier alpha value is -3.03. The second kappa shape index (κ2) is 8.00. The molecule has 0 bridgehead atoms. The Kier molecular flexibility index (Phi) is 5.78. The number of carbonyl (C=O) groups is 2. The minimum Gasteiger partial charge on any atom is -0.460 e. The van der Waals surface area contributed by atoms with E-state index in [1.165, 1.54) is 4.68 Å². The van der Waals surface area contributed by atoms with Crippen molar-refractivity contribution in [3.05, 3.63) is 41.7 Å². The monoisotopic (exact) mass is 330 g/mol. The van der Waals surface area contributed by atoms with Crippen LogP contribution in [0.5, 0.6) is 0 Å². The van der Waals surface area contributed by atoms with E-state index in [1.807, 2.05) is 30.3 Å². The summed E-state index contributed by atoms with van der Waals surface area (Å²) in [6.45, 7) is 4.60. The Morgan fingerprint density at radius 1 is 1.25 bits per heavy atom. The second-order valence-electron chi connectivity index (χ2n) is 5.19. The quantitative estimate of drug-likeness (QED) is 0.584. The van der Waals surface area contributed by atoms with Crippen molar-refractivity contribution in [3.8, 4) is 0 Å². The number of tetrazole rings is 1. The lowest BCUT2D eigenvalue weighted by Gasteiger charge is -2.10. The zero-order chi connectivity index (χ0) is 17.5. The van der Waals surface area contributed by atoms with Crippen LogP contribution >= 0.6 is 0 Å². The van der Waals surface area contributed by atoms with E-state index in [9.17, 15) is 9.59 Å². The van der Waals surface area contributed by atoms with E-state index < -0.39 is 18.5 Å². The molecule has 0 amide bonds. The third-order valence-electron chi connectivity index (χ3n) is 2.85. The lowest BCUT2D eigenvalue weighted by atomic mass is 10.2. The summed E-state index contributed by atoms with van der Waals surface area (Å²) in [5.41, 5.74) is 0.866. The average molecular weight is 330 g/mol. The molecule has 0 saturated carbocycles. The molecule has 1 heterocycles. The first-order chi connectivity index (χ1) is 11.5. The number of hydrogen-bond donors (Lipinski definition) is 0. The SMILES string of the molecule is Cc1nnnn1/C(=C\c1ccccc1)C(=O)OCC(=O)OC(C)C. The fraction of sp³-hybridized carbons (Fsp3) is 0.312. The molecular formula is C16H18N4O4. The van der Waals surface area contributed by atoms with Crippen molar-refractivity contribution in [1.29, 1.82) is 0 Å². The Balaban J connectivity index is 2.20. The van der Waals surface area contributed by atoms with Crippen molar-refractivity contribution in [3.63, 3.8) is 0 Å². The molecule has 24 heavy (non-hydrogen) atoms. The van der Waals surface area contributed by atoms with Gasteiger partial charge in [0.2, 0.25) is 0 Å². The summed E-state index contributed by atoms with van der Waals surface area (Å²) in [5, 5.41) is 11.1. The molecule has 0 aliphatic carbocycles. The molecule has 1 aromatic heterocycles. The molecule has 0 atom stereocenters. The van der Waals surface area contributed by atoms with Crippen molar-refractivity contribution >= 4 is 23.7 Å². The van der Waals surface area contributed by atoms with Crippen LogP contribution < -0.4 is 0 Å². The third kappa shape index (κ3) is 4.73. The van der Waals surface area contributed by atoms with Crippen LogP contribution in [0.15, 0.2) is 30.3 Å². The van der Waals surface area contributed by atoms with Crippen LogP contribution in [0.25, 0.3) is 11.8 Å². The Morgan fingerprint density at radius 2 is 1.96 bits per heavy atom. The molecule has 8 nitrogen and oxygen atoms in total. The molecule has 0 fully saturated rings. The fourth-order valence-electron chi connectivity index (χ4n) is 1.86. The lowest BCUT2D eigenvalue weighted by molar-refractivity contribution is -0.158. The number of ether oxygens (including phenoxy) is 2. The number of aromatic nitrogens is 4. The van der Waals surface area contributed by atoms with Gasteiger partial charge in [0.25, 0.3) is 0 Å². The zero-order valence-electron chi connectivity index (χ0n) is 13.7. The smallest absolute Gasteiger partial charge is 0.357 e. The normalized spacial score (nSPS) is 11.4. The molecule has 0 saturated heterocycles. The van der Waals surface area contributed by atoms with Crippen LogP contribution in [-0.4, -0.2) is 44.9 Å². The maximum absolute atomic E-state index is 12.4. The highest BCUT2D eigenvalue weighted by atomic mass is 16.6. The van der Waals surface area contributed by atoms with Crippen LogP contribution in [0, 0.1) is 6.92 Å². The number of carbonyl (C=O) groups excluding carboxylic acids is 2. The predicted octanol–water partition coefficient (Wildman–Crippen LogP) is 1.47. The van der Waals surface area contributed by atoms with Crippen molar-refractivity contribution < 1.29 is 19.1 Å². The van der Waals surface area contributed by atoms with Crippen molar-refractivity contribution in [2.45, 2.75) is 26.9 Å². The molecule has 126 valence electrons. The summed E-state index contributed by atoms with van der Waals surface area (Å²) in [4.78, 5) is 23.9. The summed E-state index contributed by atoms with van der Waals surface area (Å²) < 4.78 is 11.2. The van der Waals surface area contributed by atoms with Gasteiger partial charge in [0, 0.05) is 0 Å². The van der Waals surface area contributed by atoms with E-state index in [2.05, 4.69) is 15.5 Å². The first-order valence-electron chi connectivity index (χ1n) is 7.36. The van der Waals surface area contributed by atoms with E-state index in [-0.39, 0.29) is 11.8 Å². The van der Waals surface area contributed by atoms with Gasteiger partial charge in [-0.1, -0.05) is 30.3 Å². The summed E-state index contributed by atoms with van der Waals surface area (Å²) in [6, 6.07) is 9.17. The van der Waals surface area contributed by atoms with Crippen LogP contribution in [0.1, 0.15) is 25.2 Å². The topological polar surface area (TPSA) is 96.2 Å². The van der Waals surface area contributed by atoms with Crippen LogP contribution in [0.3, 0.4) is 0 Å². The van der Waals surface area contributed by atoms with Gasteiger partial charge in [-0.05, 0) is 42.8 Å². The van der Waals surface area contributed by atoms with E-state index in [4.69, 9.17) is 9.47 Å². The number of rotatable bonds is 6. The fourth-order valence-corrected chi connectivity index (χ4v) is 1.86. The first kappa shape index (κ1) is 17.3. The van der Waals surface area contributed by atoms with Gasteiger partial charge in [0.1, 0.15) is 0 Å². The molecular weight excluding hydrogens is 312 g/mol. The molecule has 0 aliphatic rings. The first-order valence-corrected chi connectivity index (χ1v) is 7.36. The Labute approximate surface area is 139 Å². The number of hydrogen-bond acceptors (Lipinski definition) is 7. The third-order valence-corrected chi connectivity index (χ3v) is 2.85. The van der Waals surface area contributed by atoms with Gasteiger partial charge in [-0.15, -0.1) is 5.10 Å². The van der Waals surface area contributed by atoms with E-state index in [0.29, 0.717) is 5.82 Å². The summed E-state index contributed by atoms with van der Waals surface area (Å²) in [7, 11) is 0. The van der Waals surface area contributed by atoms with Crippen molar-refractivity contribution in [2.75, 3.05) is 6.61 Å². The molecule has 0 aliphatic heterocycles. The van der Waals surface area contributed by atoms with E-state index in [0.717, 1.165) is 5.56 Å². The van der Waals surface area contributed by atoms with E-state index >= 15 is 0 Å².